The summed E-state index contributed by atoms with van der Waals surface area (Å²) in [5.74, 6) is 1.71. The van der Waals surface area contributed by atoms with E-state index in [2.05, 4.69) is 42.7 Å². The Balaban J connectivity index is 0.00000288. The van der Waals surface area contributed by atoms with Gasteiger partial charge < -0.3 is 10.6 Å². The Bertz CT molecular complexity index is 505. The van der Waals surface area contributed by atoms with Crippen LogP contribution >= 0.6 is 24.0 Å². The number of hydrogen-bond acceptors (Lipinski definition) is 2. The van der Waals surface area contributed by atoms with E-state index in [0.717, 1.165) is 37.9 Å². The largest absolute Gasteiger partial charge is 0.357 e. The third-order valence-corrected chi connectivity index (χ3v) is 4.64. The number of halogens is 1. The molecule has 1 aromatic rings. The van der Waals surface area contributed by atoms with Crippen LogP contribution in [0.2, 0.25) is 0 Å². The summed E-state index contributed by atoms with van der Waals surface area (Å²) in [7, 11) is 1.95. The van der Waals surface area contributed by atoms with Crippen LogP contribution in [-0.2, 0) is 13.5 Å². The van der Waals surface area contributed by atoms with E-state index in [4.69, 9.17) is 4.99 Å². The first-order valence-electron chi connectivity index (χ1n) is 9.03. The Kier molecular flexibility index (Phi) is 9.08. The summed E-state index contributed by atoms with van der Waals surface area (Å²) in [4.78, 5) is 4.87. The highest BCUT2D eigenvalue weighted by Crippen LogP contribution is 2.46. The first kappa shape index (κ1) is 21.3. The maximum atomic E-state index is 4.87. The first-order chi connectivity index (χ1) is 11.0. The van der Waals surface area contributed by atoms with E-state index in [-0.39, 0.29) is 24.0 Å². The van der Waals surface area contributed by atoms with Gasteiger partial charge in [0.1, 0.15) is 0 Å². The van der Waals surface area contributed by atoms with E-state index < -0.39 is 0 Å². The third-order valence-electron chi connectivity index (χ3n) is 4.64. The third kappa shape index (κ3) is 6.61. The van der Waals surface area contributed by atoms with Crippen LogP contribution in [0.15, 0.2) is 17.4 Å². The molecule has 1 saturated carbocycles. The van der Waals surface area contributed by atoms with Crippen LogP contribution in [0, 0.1) is 11.3 Å². The van der Waals surface area contributed by atoms with E-state index in [9.17, 15) is 0 Å². The van der Waals surface area contributed by atoms with Crippen molar-refractivity contribution in [1.82, 2.24) is 20.4 Å². The second-order valence-electron chi connectivity index (χ2n) is 7.35. The number of nitrogens with zero attached hydrogens (tertiary/aromatic N) is 3. The molecule has 1 aromatic heterocycles. The Labute approximate surface area is 164 Å². The summed E-state index contributed by atoms with van der Waals surface area (Å²) < 4.78 is 1.85. The number of aromatic nitrogens is 2. The molecule has 0 bridgehead atoms. The average Bonchev–Trinajstić information content (AvgIpc) is 2.86. The molecule has 0 aromatic carbocycles. The fraction of sp³-hybridized carbons (Fsp3) is 0.778. The number of guanidine groups is 1. The molecular weight excluding hydrogens is 413 g/mol. The predicted octanol–water partition coefficient (Wildman–Crippen LogP) is 3.35. The van der Waals surface area contributed by atoms with E-state index in [1.165, 1.54) is 31.2 Å². The van der Waals surface area contributed by atoms with Gasteiger partial charge in [-0.05, 0) is 49.5 Å². The monoisotopic (exact) mass is 447 g/mol. The average molecular weight is 447 g/mol. The molecule has 2 rings (SSSR count). The molecule has 1 fully saturated rings. The molecule has 0 radical (unpaired) electrons. The van der Waals surface area contributed by atoms with Crippen molar-refractivity contribution in [1.29, 1.82) is 0 Å². The summed E-state index contributed by atoms with van der Waals surface area (Å²) in [6.45, 7) is 9.49. The summed E-state index contributed by atoms with van der Waals surface area (Å²) in [6, 6.07) is 0. The molecule has 0 atom stereocenters. The van der Waals surface area contributed by atoms with E-state index in [0.29, 0.717) is 5.41 Å². The molecule has 24 heavy (non-hydrogen) atoms. The summed E-state index contributed by atoms with van der Waals surface area (Å²) in [5.41, 5.74) is 1.71. The van der Waals surface area contributed by atoms with Gasteiger partial charge in [-0.2, -0.15) is 5.10 Å². The molecule has 0 spiro atoms. The maximum Gasteiger partial charge on any atom is 0.191 e. The van der Waals surface area contributed by atoms with Crippen molar-refractivity contribution in [3.05, 3.63) is 18.0 Å². The lowest BCUT2D eigenvalue weighted by molar-refractivity contribution is 0.111. The van der Waals surface area contributed by atoms with Crippen LogP contribution in [0.1, 0.15) is 52.0 Å². The zero-order valence-electron chi connectivity index (χ0n) is 15.6. The Hall–Kier alpha value is -0.790. The predicted molar refractivity (Wildman–Crippen MR) is 112 cm³/mol. The number of nitrogens with one attached hydrogen (secondary N) is 2. The normalized spacial score (nSPS) is 16.5. The van der Waals surface area contributed by atoms with Gasteiger partial charge in [-0.15, -0.1) is 24.0 Å². The van der Waals surface area contributed by atoms with Crippen molar-refractivity contribution in [2.24, 2.45) is 23.4 Å². The van der Waals surface area contributed by atoms with Crippen molar-refractivity contribution in [3.8, 4) is 0 Å². The van der Waals surface area contributed by atoms with Crippen LogP contribution in [-0.4, -0.2) is 35.4 Å². The fourth-order valence-corrected chi connectivity index (χ4v) is 3.48. The van der Waals surface area contributed by atoms with Crippen molar-refractivity contribution in [3.63, 3.8) is 0 Å². The van der Waals surface area contributed by atoms with Crippen LogP contribution in [0.3, 0.4) is 0 Å². The first-order valence-corrected chi connectivity index (χ1v) is 9.03. The second kappa shape index (κ2) is 10.3. The van der Waals surface area contributed by atoms with Crippen molar-refractivity contribution in [2.45, 2.75) is 52.9 Å². The molecule has 0 aliphatic heterocycles. The van der Waals surface area contributed by atoms with Crippen LogP contribution < -0.4 is 10.6 Å². The lowest BCUT2D eigenvalue weighted by Crippen LogP contribution is -2.41. The fourth-order valence-electron chi connectivity index (χ4n) is 3.48. The minimum atomic E-state index is 0. The van der Waals surface area contributed by atoms with Crippen LogP contribution in [0.4, 0.5) is 0 Å². The molecule has 2 N–H and O–H groups in total. The molecule has 1 heterocycles. The Morgan fingerprint density at radius 2 is 2.12 bits per heavy atom. The van der Waals surface area contributed by atoms with Gasteiger partial charge in [0.25, 0.3) is 0 Å². The quantitative estimate of drug-likeness (QED) is 0.365. The van der Waals surface area contributed by atoms with Gasteiger partial charge >= 0.3 is 0 Å². The zero-order valence-corrected chi connectivity index (χ0v) is 18.0. The molecule has 6 heteroatoms. The van der Waals surface area contributed by atoms with E-state index >= 15 is 0 Å². The Morgan fingerprint density at radius 1 is 1.38 bits per heavy atom. The molecule has 138 valence electrons. The highest BCUT2D eigenvalue weighted by Gasteiger charge is 2.37. The minimum Gasteiger partial charge on any atom is -0.357 e. The summed E-state index contributed by atoms with van der Waals surface area (Å²) in [6.07, 6.45) is 10.3. The Morgan fingerprint density at radius 3 is 2.62 bits per heavy atom. The van der Waals surface area contributed by atoms with Gasteiger partial charge in [0.2, 0.25) is 0 Å². The van der Waals surface area contributed by atoms with Crippen LogP contribution in [0.25, 0.3) is 0 Å². The lowest BCUT2D eigenvalue weighted by Gasteiger charge is -2.42. The molecule has 0 unspecified atom stereocenters. The molecule has 0 saturated heterocycles. The van der Waals surface area contributed by atoms with Gasteiger partial charge in [0.15, 0.2) is 5.96 Å². The van der Waals surface area contributed by atoms with Crippen molar-refractivity contribution >= 4 is 29.9 Å². The molecule has 5 nitrogen and oxygen atoms in total. The van der Waals surface area contributed by atoms with E-state index in [1.54, 1.807) is 0 Å². The van der Waals surface area contributed by atoms with Gasteiger partial charge in [0, 0.05) is 32.9 Å². The zero-order chi connectivity index (χ0) is 16.7. The summed E-state index contributed by atoms with van der Waals surface area (Å²) in [5, 5.41) is 11.0. The standard InChI is InChI=1S/C18H33N5.HI/c1-5-19-17(20-10-7-16-12-22-23(4)13-16)21-14-18(8-6-9-18)11-15(2)3;/h12-13,15H,5-11,14H2,1-4H3,(H2,19,20,21);1H. The van der Waals surface area contributed by atoms with Gasteiger partial charge in [-0.25, -0.2) is 0 Å². The number of hydrogen-bond donors (Lipinski definition) is 2. The van der Waals surface area contributed by atoms with Gasteiger partial charge in [-0.3, -0.25) is 9.67 Å². The second-order valence-corrected chi connectivity index (χ2v) is 7.35. The molecule has 0 amide bonds. The smallest absolute Gasteiger partial charge is 0.191 e. The number of aliphatic imine (C=N–C) groups is 1. The highest BCUT2D eigenvalue weighted by atomic mass is 127. The topological polar surface area (TPSA) is 54.2 Å². The SMILES string of the molecule is CCNC(=NCC1(CC(C)C)CCC1)NCCc1cnn(C)c1.I. The maximum absolute atomic E-state index is 4.87. The van der Waals surface area contributed by atoms with E-state index in [1.807, 2.05) is 17.9 Å². The van der Waals surface area contributed by atoms with Crippen molar-refractivity contribution < 1.29 is 0 Å². The van der Waals surface area contributed by atoms with Gasteiger partial charge in [-0.1, -0.05) is 20.3 Å². The molecule has 1 aliphatic carbocycles. The van der Waals surface area contributed by atoms with Crippen molar-refractivity contribution in [2.75, 3.05) is 19.6 Å². The van der Waals surface area contributed by atoms with Crippen LogP contribution in [0.5, 0.6) is 0 Å². The van der Waals surface area contributed by atoms with Gasteiger partial charge in [0.05, 0.1) is 6.20 Å². The number of aryl methyl sites for hydroxylation is 1. The molecule has 1 aliphatic rings. The minimum absolute atomic E-state index is 0. The number of rotatable bonds is 8. The molecular formula is C18H34IN5. The summed E-state index contributed by atoms with van der Waals surface area (Å²) >= 11 is 0. The highest BCUT2D eigenvalue weighted by molar-refractivity contribution is 14.0. The lowest BCUT2D eigenvalue weighted by atomic mass is 9.64.